The van der Waals surface area contributed by atoms with Gasteiger partial charge >= 0.3 is 7.12 Å². The van der Waals surface area contributed by atoms with Gasteiger partial charge in [0.15, 0.2) is 0 Å². The van der Waals surface area contributed by atoms with E-state index in [2.05, 4.69) is 42.2 Å². The Hall–Kier alpha value is -2.28. The molecule has 3 aromatic carbocycles. The van der Waals surface area contributed by atoms with Gasteiger partial charge in [0.25, 0.3) is 0 Å². The third-order valence-corrected chi connectivity index (χ3v) is 6.68. The molecule has 4 nitrogen and oxygen atoms in total. The van der Waals surface area contributed by atoms with Gasteiger partial charge in [0.1, 0.15) is 11.3 Å². The molecule has 0 unspecified atom stereocenters. The largest absolute Gasteiger partial charge is 0.488 e. The number of halogens is 2. The van der Waals surface area contributed by atoms with E-state index in [4.69, 9.17) is 37.7 Å². The first-order valence-corrected chi connectivity index (χ1v) is 12.3. The number of hydrogen-bond acceptors (Lipinski definition) is 4. The molecule has 0 bridgehead atoms. The van der Waals surface area contributed by atoms with Crippen molar-refractivity contribution in [3.8, 4) is 11.1 Å². The van der Waals surface area contributed by atoms with Crippen LogP contribution in [0.2, 0.25) is 10.0 Å². The van der Waals surface area contributed by atoms with Crippen molar-refractivity contribution in [2.45, 2.75) is 32.2 Å². The zero-order valence-corrected chi connectivity index (χ0v) is 20.6. The van der Waals surface area contributed by atoms with Crippen LogP contribution in [0.3, 0.4) is 0 Å². The van der Waals surface area contributed by atoms with Crippen molar-refractivity contribution >= 4 is 46.8 Å². The molecule has 1 fully saturated rings. The lowest BCUT2D eigenvalue weighted by molar-refractivity contribution is 0.266. The summed E-state index contributed by atoms with van der Waals surface area (Å²) in [6.07, 6.45) is 3.62. The second-order valence-corrected chi connectivity index (χ2v) is 9.55. The first kappa shape index (κ1) is 24.8. The number of nitrogens with zero attached hydrogens (tertiary/aromatic N) is 1. The van der Waals surface area contributed by atoms with Crippen LogP contribution in [0.4, 0.5) is 0 Å². The molecule has 0 radical (unpaired) electrons. The van der Waals surface area contributed by atoms with Crippen molar-refractivity contribution < 1.29 is 14.5 Å². The highest BCUT2D eigenvalue weighted by molar-refractivity contribution is 6.59. The Kier molecular flexibility index (Phi) is 8.35. The van der Waals surface area contributed by atoms with Crippen molar-refractivity contribution in [2.24, 2.45) is 0 Å². The number of hydrogen-bond donors (Lipinski definition) is 2. The lowest BCUT2D eigenvalue weighted by atomic mass is 9.81. The first-order chi connectivity index (χ1) is 16.4. The minimum absolute atomic E-state index is 0.410. The van der Waals surface area contributed by atoms with Gasteiger partial charge in [-0.25, -0.2) is 0 Å². The van der Waals surface area contributed by atoms with E-state index in [1.807, 2.05) is 18.2 Å². The Balaban J connectivity index is 0.000000231. The third kappa shape index (κ3) is 6.44. The molecule has 2 heterocycles. The van der Waals surface area contributed by atoms with E-state index in [9.17, 15) is 0 Å². The Labute approximate surface area is 210 Å². The maximum Gasteiger partial charge on any atom is 0.488 e. The second kappa shape index (κ2) is 11.4. The molecule has 2 N–H and O–H groups in total. The quantitative estimate of drug-likeness (QED) is 0.343. The molecule has 34 heavy (non-hydrogen) atoms. The second-order valence-electron chi connectivity index (χ2n) is 8.68. The molecule has 1 aromatic heterocycles. The molecule has 7 heteroatoms. The third-order valence-electron chi connectivity index (χ3n) is 6.21. The monoisotopic (exact) mass is 495 g/mol. The predicted octanol–water partition coefficient (Wildman–Crippen LogP) is 5.80. The SMILES string of the molecule is C[C@@H]1CCCN1CCc1cc2cc(-c3cccc(Cl)c3)ccc2o1.OB(O)c1cccc(Cl)c1. The van der Waals surface area contributed by atoms with Crippen molar-refractivity contribution in [3.63, 3.8) is 0 Å². The number of furan rings is 1. The minimum atomic E-state index is -1.43. The van der Waals surface area contributed by atoms with Crippen LogP contribution in [-0.4, -0.2) is 41.2 Å². The number of likely N-dealkylation sites (tertiary alicyclic amines) is 1. The van der Waals surface area contributed by atoms with Crippen LogP contribution in [0.15, 0.2) is 77.2 Å². The van der Waals surface area contributed by atoms with Crippen LogP contribution >= 0.6 is 23.2 Å². The molecular formula is C27H28BCl2NO3. The maximum absolute atomic E-state index is 8.65. The molecule has 0 aliphatic carbocycles. The van der Waals surface area contributed by atoms with Gasteiger partial charge in [-0.05, 0) is 85.4 Å². The number of fused-ring (bicyclic) bond motifs is 1. The zero-order valence-electron chi connectivity index (χ0n) is 19.1. The van der Waals surface area contributed by atoms with E-state index in [1.54, 1.807) is 18.2 Å². The normalized spacial score (nSPS) is 15.9. The molecule has 0 saturated carbocycles. The molecule has 0 amide bonds. The topological polar surface area (TPSA) is 56.8 Å². The fourth-order valence-electron chi connectivity index (χ4n) is 4.32. The average Bonchev–Trinajstić information content (AvgIpc) is 3.42. The molecular weight excluding hydrogens is 468 g/mol. The molecule has 1 aliphatic heterocycles. The average molecular weight is 496 g/mol. The standard InChI is InChI=1S/C21H22ClNO.C6H6BClO2/c1-15-4-3-10-23(15)11-9-20-14-18-12-17(7-8-21(18)24-20)16-5-2-6-19(22)13-16;8-6-3-1-2-5(4-6)7(9)10/h2,5-8,12-15H,3-4,9-11H2,1H3;1-4,9-10H/t15-;/m1./s1. The summed E-state index contributed by atoms with van der Waals surface area (Å²) >= 11 is 11.7. The smallest absolute Gasteiger partial charge is 0.461 e. The Bertz CT molecular complexity index is 1240. The minimum Gasteiger partial charge on any atom is -0.461 e. The molecule has 1 aliphatic rings. The fourth-order valence-corrected chi connectivity index (χ4v) is 4.70. The molecule has 4 aromatic rings. The summed E-state index contributed by atoms with van der Waals surface area (Å²) in [7, 11) is -1.43. The van der Waals surface area contributed by atoms with Crippen LogP contribution in [0.25, 0.3) is 22.1 Å². The van der Waals surface area contributed by atoms with Gasteiger partial charge in [0.05, 0.1) is 0 Å². The van der Waals surface area contributed by atoms with Gasteiger partial charge in [-0.3, -0.25) is 0 Å². The van der Waals surface area contributed by atoms with Crippen molar-refractivity contribution in [3.05, 3.63) is 88.6 Å². The summed E-state index contributed by atoms with van der Waals surface area (Å²) in [5.41, 5.74) is 3.68. The fraction of sp³-hybridized carbons (Fsp3) is 0.259. The first-order valence-electron chi connectivity index (χ1n) is 11.5. The Morgan fingerprint density at radius 3 is 2.32 bits per heavy atom. The van der Waals surface area contributed by atoms with Gasteiger partial charge in [-0.1, -0.05) is 53.5 Å². The van der Waals surface area contributed by atoms with E-state index in [-0.39, 0.29) is 0 Å². The van der Waals surface area contributed by atoms with Gasteiger partial charge in [0, 0.05) is 34.4 Å². The summed E-state index contributed by atoms with van der Waals surface area (Å²) in [4.78, 5) is 2.56. The van der Waals surface area contributed by atoms with Gasteiger partial charge in [-0.2, -0.15) is 0 Å². The van der Waals surface area contributed by atoms with Crippen LogP contribution in [0.1, 0.15) is 25.5 Å². The number of benzene rings is 3. The van der Waals surface area contributed by atoms with E-state index in [0.29, 0.717) is 16.5 Å². The van der Waals surface area contributed by atoms with Gasteiger partial charge in [-0.15, -0.1) is 0 Å². The van der Waals surface area contributed by atoms with E-state index in [1.165, 1.54) is 31.0 Å². The van der Waals surface area contributed by atoms with Crippen LogP contribution in [0, 0.1) is 0 Å². The van der Waals surface area contributed by atoms with Crippen LogP contribution in [0.5, 0.6) is 0 Å². The lowest BCUT2D eigenvalue weighted by Crippen LogP contribution is -2.29. The highest BCUT2D eigenvalue weighted by atomic mass is 35.5. The molecule has 176 valence electrons. The molecule has 1 atom stereocenters. The zero-order chi connectivity index (χ0) is 24.1. The van der Waals surface area contributed by atoms with Crippen LogP contribution < -0.4 is 5.46 Å². The Morgan fingerprint density at radius 2 is 1.68 bits per heavy atom. The summed E-state index contributed by atoms with van der Waals surface area (Å²) in [5.74, 6) is 1.08. The maximum atomic E-state index is 8.65. The molecule has 1 saturated heterocycles. The van der Waals surface area contributed by atoms with Gasteiger partial charge < -0.3 is 19.4 Å². The summed E-state index contributed by atoms with van der Waals surface area (Å²) in [6.45, 7) is 4.63. The number of rotatable bonds is 5. The highest BCUT2D eigenvalue weighted by Crippen LogP contribution is 2.28. The summed E-state index contributed by atoms with van der Waals surface area (Å²) < 4.78 is 6.02. The Morgan fingerprint density at radius 1 is 0.941 bits per heavy atom. The van der Waals surface area contributed by atoms with Gasteiger partial charge in [0.2, 0.25) is 0 Å². The van der Waals surface area contributed by atoms with E-state index >= 15 is 0 Å². The van der Waals surface area contributed by atoms with E-state index < -0.39 is 7.12 Å². The summed E-state index contributed by atoms with van der Waals surface area (Å²) in [5, 5.41) is 19.7. The molecule has 0 spiro atoms. The van der Waals surface area contributed by atoms with Crippen LogP contribution in [-0.2, 0) is 6.42 Å². The van der Waals surface area contributed by atoms with E-state index in [0.717, 1.165) is 40.3 Å². The van der Waals surface area contributed by atoms with Crippen molar-refractivity contribution in [1.29, 1.82) is 0 Å². The van der Waals surface area contributed by atoms with Crippen molar-refractivity contribution in [2.75, 3.05) is 13.1 Å². The summed E-state index contributed by atoms with van der Waals surface area (Å²) in [6, 6.07) is 23.7. The molecule has 5 rings (SSSR count). The van der Waals surface area contributed by atoms with Crippen molar-refractivity contribution in [1.82, 2.24) is 4.90 Å². The predicted molar refractivity (Wildman–Crippen MR) is 142 cm³/mol. The lowest BCUT2D eigenvalue weighted by Gasteiger charge is -2.19. The highest BCUT2D eigenvalue weighted by Gasteiger charge is 2.20.